The summed E-state index contributed by atoms with van der Waals surface area (Å²) in [6.07, 6.45) is 0. The summed E-state index contributed by atoms with van der Waals surface area (Å²) in [7, 11) is 0. The average molecular weight is 403 g/mol. The van der Waals surface area contributed by atoms with Crippen LogP contribution in [0, 0.1) is 0 Å². The Hall–Kier alpha value is -3.12. The second kappa shape index (κ2) is 6.95. The summed E-state index contributed by atoms with van der Waals surface area (Å²) in [5.41, 5.74) is 12.3. The van der Waals surface area contributed by atoms with E-state index in [0.717, 1.165) is 0 Å². The minimum Gasteiger partial charge on any atom is -0.0619 e. The highest BCUT2D eigenvalue weighted by Crippen LogP contribution is 2.51. The van der Waals surface area contributed by atoms with Crippen LogP contribution in [0.1, 0.15) is 51.3 Å². The van der Waals surface area contributed by atoms with Gasteiger partial charge in [-0.25, -0.2) is 0 Å². The van der Waals surface area contributed by atoms with Crippen LogP contribution < -0.4 is 0 Å². The van der Waals surface area contributed by atoms with E-state index in [2.05, 4.69) is 126 Å². The smallest absolute Gasteiger partial charge is 0.0159 e. The van der Waals surface area contributed by atoms with Gasteiger partial charge in [0.25, 0.3) is 0 Å². The number of rotatable bonds is 2. The zero-order valence-electron chi connectivity index (χ0n) is 19.2. The monoisotopic (exact) mass is 402 g/mol. The van der Waals surface area contributed by atoms with Crippen LogP contribution in [0.15, 0.2) is 91.0 Å². The first-order valence-corrected chi connectivity index (χ1v) is 11.2. The van der Waals surface area contributed by atoms with E-state index in [9.17, 15) is 0 Å². The Morgan fingerprint density at radius 3 is 1.68 bits per heavy atom. The van der Waals surface area contributed by atoms with Crippen molar-refractivity contribution < 1.29 is 0 Å². The molecule has 1 aliphatic carbocycles. The number of benzene rings is 4. The first kappa shape index (κ1) is 19.8. The lowest BCUT2D eigenvalue weighted by atomic mass is 9.82. The van der Waals surface area contributed by atoms with Crippen molar-refractivity contribution in [2.24, 2.45) is 0 Å². The van der Waals surface area contributed by atoms with Crippen LogP contribution in [0.2, 0.25) is 0 Å². The Bertz CT molecular complexity index is 1250. The van der Waals surface area contributed by atoms with Crippen LogP contribution in [-0.4, -0.2) is 0 Å². The van der Waals surface area contributed by atoms with Crippen LogP contribution in [0.5, 0.6) is 0 Å². The molecule has 0 aliphatic heterocycles. The summed E-state index contributed by atoms with van der Waals surface area (Å²) >= 11 is 0. The number of hydrogen-bond acceptors (Lipinski definition) is 0. The maximum Gasteiger partial charge on any atom is 0.0159 e. The molecule has 0 N–H and O–H groups in total. The molecule has 0 aromatic heterocycles. The second-order valence-corrected chi connectivity index (χ2v) is 10.3. The van der Waals surface area contributed by atoms with Gasteiger partial charge in [-0.05, 0) is 55.5 Å². The largest absolute Gasteiger partial charge is 0.0619 e. The normalized spacial score (nSPS) is 14.2. The number of fused-ring (bicyclic) bond motifs is 3. The van der Waals surface area contributed by atoms with Gasteiger partial charge < -0.3 is 0 Å². The van der Waals surface area contributed by atoms with Crippen molar-refractivity contribution in [2.45, 2.75) is 45.4 Å². The summed E-state index contributed by atoms with van der Waals surface area (Å²) in [6, 6.07) is 33.7. The van der Waals surface area contributed by atoms with Crippen molar-refractivity contribution in [1.29, 1.82) is 0 Å². The number of hydrogen-bond donors (Lipinski definition) is 0. The molecular weight excluding hydrogens is 372 g/mol. The lowest BCUT2D eigenvalue weighted by Crippen LogP contribution is -2.14. The molecule has 1 aliphatic rings. The van der Waals surface area contributed by atoms with E-state index in [1.54, 1.807) is 0 Å². The van der Waals surface area contributed by atoms with Gasteiger partial charge in [0.05, 0.1) is 0 Å². The van der Waals surface area contributed by atoms with Gasteiger partial charge in [0.2, 0.25) is 0 Å². The molecule has 0 nitrogen and oxygen atoms in total. The molecule has 0 heteroatoms. The Balaban J connectivity index is 1.55. The molecule has 0 bridgehead atoms. The van der Waals surface area contributed by atoms with Crippen LogP contribution in [0.25, 0.3) is 33.4 Å². The second-order valence-electron chi connectivity index (χ2n) is 10.3. The third kappa shape index (κ3) is 3.22. The summed E-state index contributed by atoms with van der Waals surface area (Å²) in [5, 5.41) is 0. The highest BCUT2D eigenvalue weighted by Gasteiger charge is 2.36. The highest BCUT2D eigenvalue weighted by molar-refractivity contribution is 5.92. The van der Waals surface area contributed by atoms with Crippen LogP contribution in [-0.2, 0) is 10.8 Å². The molecule has 4 aromatic carbocycles. The molecule has 0 heterocycles. The molecule has 0 atom stereocenters. The SMILES string of the molecule is CC(C)(C)c1ccc(-c2ccc(-c3cccc4c3-c3ccccc3C4(C)C)cc2)cc1. The Kier molecular flexibility index (Phi) is 4.45. The maximum absolute atomic E-state index is 2.34. The summed E-state index contributed by atoms with van der Waals surface area (Å²) in [4.78, 5) is 0. The fraction of sp³-hybridized carbons (Fsp3) is 0.226. The minimum atomic E-state index is 0.0384. The van der Waals surface area contributed by atoms with Gasteiger partial charge in [-0.1, -0.05) is 126 Å². The van der Waals surface area contributed by atoms with E-state index in [4.69, 9.17) is 0 Å². The van der Waals surface area contributed by atoms with Crippen LogP contribution in [0.4, 0.5) is 0 Å². The predicted molar refractivity (Wildman–Crippen MR) is 134 cm³/mol. The first-order chi connectivity index (χ1) is 14.8. The molecule has 0 saturated heterocycles. The van der Waals surface area contributed by atoms with E-state index in [1.165, 1.54) is 50.1 Å². The molecule has 4 aromatic rings. The van der Waals surface area contributed by atoms with Crippen molar-refractivity contribution in [2.75, 3.05) is 0 Å². The molecule has 0 radical (unpaired) electrons. The van der Waals surface area contributed by atoms with Gasteiger partial charge in [0, 0.05) is 5.41 Å². The van der Waals surface area contributed by atoms with Gasteiger partial charge in [0.1, 0.15) is 0 Å². The lowest BCUT2D eigenvalue weighted by molar-refractivity contribution is 0.590. The fourth-order valence-corrected chi connectivity index (χ4v) is 5.00. The first-order valence-electron chi connectivity index (χ1n) is 11.2. The van der Waals surface area contributed by atoms with Gasteiger partial charge >= 0.3 is 0 Å². The Labute approximate surface area is 186 Å². The summed E-state index contributed by atoms with van der Waals surface area (Å²) in [6.45, 7) is 11.5. The zero-order valence-corrected chi connectivity index (χ0v) is 19.2. The summed E-state index contributed by atoms with van der Waals surface area (Å²) in [5.74, 6) is 0. The molecule has 31 heavy (non-hydrogen) atoms. The molecule has 0 spiro atoms. The van der Waals surface area contributed by atoms with Crippen molar-refractivity contribution in [3.63, 3.8) is 0 Å². The fourth-order valence-electron chi connectivity index (χ4n) is 5.00. The van der Waals surface area contributed by atoms with E-state index < -0.39 is 0 Å². The summed E-state index contributed by atoms with van der Waals surface area (Å²) < 4.78 is 0. The standard InChI is InChI=1S/C31H30/c1-30(2,3)24-19-17-22(18-20-24)21-13-15-23(16-14-21)25-10-8-12-28-29(25)26-9-6-7-11-27(26)31(28,4)5/h6-20H,1-5H3. The van der Waals surface area contributed by atoms with Gasteiger partial charge in [0.15, 0.2) is 0 Å². The van der Waals surface area contributed by atoms with Crippen LogP contribution >= 0.6 is 0 Å². The quantitative estimate of drug-likeness (QED) is 0.315. The van der Waals surface area contributed by atoms with Crippen molar-refractivity contribution >= 4 is 0 Å². The van der Waals surface area contributed by atoms with Crippen molar-refractivity contribution in [3.8, 4) is 33.4 Å². The van der Waals surface area contributed by atoms with Crippen LogP contribution in [0.3, 0.4) is 0 Å². The third-order valence-electron chi connectivity index (χ3n) is 6.89. The van der Waals surface area contributed by atoms with E-state index >= 15 is 0 Å². The molecule has 0 unspecified atom stereocenters. The molecule has 0 amide bonds. The molecular formula is C31H30. The molecule has 5 rings (SSSR count). The van der Waals surface area contributed by atoms with Crippen molar-refractivity contribution in [3.05, 3.63) is 108 Å². The molecule has 154 valence electrons. The predicted octanol–water partition coefficient (Wildman–Crippen LogP) is 8.62. The Morgan fingerprint density at radius 1 is 0.516 bits per heavy atom. The topological polar surface area (TPSA) is 0 Å². The van der Waals surface area contributed by atoms with E-state index in [-0.39, 0.29) is 10.8 Å². The van der Waals surface area contributed by atoms with Gasteiger partial charge in [-0.15, -0.1) is 0 Å². The Morgan fingerprint density at radius 2 is 1.03 bits per heavy atom. The third-order valence-corrected chi connectivity index (χ3v) is 6.89. The van der Waals surface area contributed by atoms with E-state index in [1.807, 2.05) is 0 Å². The van der Waals surface area contributed by atoms with Crippen molar-refractivity contribution in [1.82, 2.24) is 0 Å². The zero-order chi connectivity index (χ0) is 21.8. The van der Waals surface area contributed by atoms with Gasteiger partial charge in [-0.2, -0.15) is 0 Å². The highest BCUT2D eigenvalue weighted by atomic mass is 14.4. The molecule has 0 saturated carbocycles. The molecule has 0 fully saturated rings. The minimum absolute atomic E-state index is 0.0384. The van der Waals surface area contributed by atoms with E-state index in [0.29, 0.717) is 0 Å². The average Bonchev–Trinajstić information content (AvgIpc) is 3.01. The maximum atomic E-state index is 2.34. The lowest BCUT2D eigenvalue weighted by Gasteiger charge is -2.21. The van der Waals surface area contributed by atoms with Gasteiger partial charge in [-0.3, -0.25) is 0 Å².